The maximum atomic E-state index is 9.23. The zero-order valence-corrected chi connectivity index (χ0v) is 20.5. The zero-order valence-electron chi connectivity index (χ0n) is 34.9. The Morgan fingerprint density at radius 1 is 0.459 bits per heavy atom. The van der Waals surface area contributed by atoms with Gasteiger partial charge in [-0.25, -0.2) is 0 Å². The van der Waals surface area contributed by atoms with Gasteiger partial charge in [0.25, 0.3) is 0 Å². The molecule has 1 heteroatoms. The number of benzene rings is 7. The van der Waals surface area contributed by atoms with Crippen molar-refractivity contribution < 1.29 is 21.9 Å². The van der Waals surface area contributed by atoms with Crippen molar-refractivity contribution in [3.8, 4) is 33.4 Å². The molecule has 37 heavy (non-hydrogen) atoms. The largest absolute Gasteiger partial charge is 0.0636 e. The fourth-order valence-electron chi connectivity index (χ4n) is 4.41. The summed E-state index contributed by atoms with van der Waals surface area (Å²) in [4.78, 5) is 0. The summed E-state index contributed by atoms with van der Waals surface area (Å²) in [6, 6.07) is 2.42. The van der Waals surface area contributed by atoms with E-state index in [1.807, 2.05) is 0 Å². The first-order valence-corrected chi connectivity index (χ1v) is 12.0. The summed E-state index contributed by atoms with van der Waals surface area (Å²) < 4.78 is 138. The second-order valence-electron chi connectivity index (χ2n) is 8.24. The molecule has 0 radical (unpaired) electrons. The summed E-state index contributed by atoms with van der Waals surface area (Å²) >= 11 is 3.67. The maximum absolute atomic E-state index is 9.23. The molecule has 0 aliphatic carbocycles. The lowest BCUT2D eigenvalue weighted by molar-refractivity contribution is 1.61. The van der Waals surface area contributed by atoms with Gasteiger partial charge in [0.1, 0.15) is 0 Å². The van der Waals surface area contributed by atoms with E-state index >= 15 is 0 Å². The van der Waals surface area contributed by atoms with Crippen LogP contribution in [0.5, 0.6) is 0 Å². The van der Waals surface area contributed by atoms with Crippen molar-refractivity contribution in [2.75, 3.05) is 0 Å². The highest BCUT2D eigenvalue weighted by molar-refractivity contribution is 9.10. The number of fused-ring (bicyclic) bond motifs is 3. The standard InChI is InChI=1S/C36H23Br/c37-36-32-13-7-6-12-31(32)35(27-17-14-26(15-18-27)24-8-2-1-3-9-24)34-23-30(20-21-33(34)36)29-19-16-25-10-4-5-11-28(25)22-29/h1-23H/i1D,2D,3D,4D,5D,8D,9D,10D,11D,14D,15D,16D,17D,18D,19D,22D. The van der Waals surface area contributed by atoms with Crippen LogP contribution < -0.4 is 0 Å². The molecule has 0 aliphatic rings. The molecule has 0 unspecified atom stereocenters. The van der Waals surface area contributed by atoms with Gasteiger partial charge >= 0.3 is 0 Å². The van der Waals surface area contributed by atoms with E-state index in [9.17, 15) is 2.74 Å². The molecule has 0 spiro atoms. The third-order valence-corrected chi connectivity index (χ3v) is 6.98. The minimum atomic E-state index is -0.693. The van der Waals surface area contributed by atoms with E-state index in [0.29, 0.717) is 26.0 Å². The number of hydrogen-bond acceptors (Lipinski definition) is 0. The van der Waals surface area contributed by atoms with Crippen molar-refractivity contribution in [3.63, 3.8) is 0 Å². The van der Waals surface area contributed by atoms with Crippen molar-refractivity contribution in [3.05, 3.63) is 144 Å². The number of halogens is 1. The predicted molar refractivity (Wildman–Crippen MR) is 163 cm³/mol. The van der Waals surface area contributed by atoms with Crippen molar-refractivity contribution in [2.45, 2.75) is 0 Å². The van der Waals surface area contributed by atoms with Gasteiger partial charge in [-0.15, -0.1) is 0 Å². The monoisotopic (exact) mass is 550 g/mol. The zero-order chi connectivity index (χ0) is 38.7. The molecular formula is C36H23Br. The average Bonchev–Trinajstić information content (AvgIpc) is 3.14. The van der Waals surface area contributed by atoms with Crippen LogP contribution in [-0.2, 0) is 0 Å². The second-order valence-corrected chi connectivity index (χ2v) is 9.04. The van der Waals surface area contributed by atoms with E-state index in [2.05, 4.69) is 15.9 Å². The summed E-state index contributed by atoms with van der Waals surface area (Å²) in [5.41, 5.74) is -0.747. The Kier molecular flexibility index (Phi) is 2.70. The summed E-state index contributed by atoms with van der Waals surface area (Å²) in [6.45, 7) is 0. The minimum Gasteiger partial charge on any atom is -0.0622 e. The highest BCUT2D eigenvalue weighted by Crippen LogP contribution is 2.43. The van der Waals surface area contributed by atoms with Gasteiger partial charge < -0.3 is 0 Å². The van der Waals surface area contributed by atoms with Crippen molar-refractivity contribution in [1.82, 2.24) is 0 Å². The molecule has 0 saturated heterocycles. The Hall–Kier alpha value is -4.20. The lowest BCUT2D eigenvalue weighted by Gasteiger charge is -2.16. The highest BCUT2D eigenvalue weighted by Gasteiger charge is 2.15. The molecule has 0 heterocycles. The van der Waals surface area contributed by atoms with Crippen LogP contribution in [0.15, 0.2) is 144 Å². The fourth-order valence-corrected chi connectivity index (χ4v) is 5.10. The van der Waals surface area contributed by atoms with Crippen LogP contribution in [0.2, 0.25) is 0 Å². The van der Waals surface area contributed by atoms with Gasteiger partial charge in [0.15, 0.2) is 0 Å². The van der Waals surface area contributed by atoms with Gasteiger partial charge in [0.2, 0.25) is 0 Å². The van der Waals surface area contributed by atoms with Gasteiger partial charge in [-0.2, -0.15) is 0 Å². The highest BCUT2D eigenvalue weighted by atomic mass is 79.9. The maximum Gasteiger partial charge on any atom is 0.0636 e. The lowest BCUT2D eigenvalue weighted by atomic mass is 9.89. The van der Waals surface area contributed by atoms with Gasteiger partial charge in [0.05, 0.1) is 21.9 Å². The molecule has 7 aromatic rings. The summed E-state index contributed by atoms with van der Waals surface area (Å²) in [5, 5.41) is 1.55. The fraction of sp³-hybridized carbons (Fsp3) is 0. The van der Waals surface area contributed by atoms with E-state index in [1.165, 1.54) is 0 Å². The summed E-state index contributed by atoms with van der Waals surface area (Å²) in [6.07, 6.45) is 0. The molecule has 7 rings (SSSR count). The van der Waals surface area contributed by atoms with Crippen LogP contribution in [0, 0.1) is 0 Å². The van der Waals surface area contributed by atoms with Gasteiger partial charge in [-0.1, -0.05) is 127 Å². The van der Waals surface area contributed by atoms with Crippen LogP contribution in [0.4, 0.5) is 0 Å². The van der Waals surface area contributed by atoms with Crippen LogP contribution in [0.1, 0.15) is 21.9 Å². The van der Waals surface area contributed by atoms with Crippen LogP contribution in [-0.4, -0.2) is 0 Å². The molecule has 0 nitrogen and oxygen atoms in total. The third kappa shape index (κ3) is 3.84. The van der Waals surface area contributed by atoms with Gasteiger partial charge in [-0.3, -0.25) is 0 Å². The summed E-state index contributed by atoms with van der Waals surface area (Å²) in [7, 11) is 0. The Morgan fingerprint density at radius 2 is 1.08 bits per heavy atom. The number of rotatable bonds is 3. The molecule has 0 saturated carbocycles. The molecule has 0 amide bonds. The number of hydrogen-bond donors (Lipinski definition) is 0. The van der Waals surface area contributed by atoms with E-state index in [0.717, 1.165) is 0 Å². The Bertz CT molecular complexity index is 2750. The quantitative estimate of drug-likeness (QED) is 0.192. The van der Waals surface area contributed by atoms with E-state index < -0.39 is 108 Å². The molecule has 7 aromatic carbocycles. The first-order chi connectivity index (χ1) is 24.9. The van der Waals surface area contributed by atoms with Crippen molar-refractivity contribution in [2.24, 2.45) is 0 Å². The predicted octanol–water partition coefficient (Wildman–Crippen LogP) is 10.9. The SMILES string of the molecule is [2H]c1c([2H])c([2H])c(-c2c([2H])c([2H])c(-c3c4ccccc4c(Br)c4ccc(-c5c([2H])c([2H])c6c([2H])c([2H])c([2H])c([2H])c6c5[2H])cc34)c([2H])c2[2H])c([2H])c1[2H]. The Labute approximate surface area is 247 Å². The Balaban J connectivity index is 1.62. The molecule has 0 fully saturated rings. The van der Waals surface area contributed by atoms with Crippen molar-refractivity contribution >= 4 is 48.2 Å². The van der Waals surface area contributed by atoms with Crippen LogP contribution in [0.3, 0.4) is 0 Å². The van der Waals surface area contributed by atoms with Gasteiger partial charge in [0, 0.05) is 4.47 Å². The molecule has 0 aliphatic heterocycles. The first kappa shape index (κ1) is 11.0. The third-order valence-electron chi connectivity index (χ3n) is 6.12. The molecule has 0 atom stereocenters. The Morgan fingerprint density at radius 3 is 1.89 bits per heavy atom. The lowest BCUT2D eigenvalue weighted by Crippen LogP contribution is -1.89. The molecular weight excluding hydrogens is 512 g/mol. The first-order valence-electron chi connectivity index (χ1n) is 19.3. The average molecular weight is 552 g/mol. The topological polar surface area (TPSA) is 0 Å². The summed E-state index contributed by atoms with van der Waals surface area (Å²) in [5.74, 6) is 0. The molecule has 0 aromatic heterocycles. The smallest absolute Gasteiger partial charge is 0.0622 e. The minimum absolute atomic E-state index is 0.0965. The van der Waals surface area contributed by atoms with E-state index in [4.69, 9.17) is 19.2 Å². The molecule has 0 bridgehead atoms. The van der Waals surface area contributed by atoms with Gasteiger partial charge in [-0.05, 0) is 93.7 Å². The normalized spacial score (nSPS) is 17.4. The van der Waals surface area contributed by atoms with Crippen LogP contribution in [0.25, 0.3) is 65.7 Å². The van der Waals surface area contributed by atoms with Crippen molar-refractivity contribution in [1.29, 1.82) is 0 Å². The van der Waals surface area contributed by atoms with Crippen LogP contribution >= 0.6 is 15.9 Å². The second kappa shape index (κ2) is 9.03. The molecule has 174 valence electrons. The van der Waals surface area contributed by atoms with E-state index in [1.54, 1.807) is 42.5 Å². The molecule has 0 N–H and O–H groups in total. The van der Waals surface area contributed by atoms with E-state index in [-0.39, 0.29) is 33.0 Å².